The van der Waals surface area contributed by atoms with Crippen LogP contribution in [0, 0.1) is 13.8 Å². The van der Waals surface area contributed by atoms with Gasteiger partial charge in [-0.1, -0.05) is 6.92 Å². The van der Waals surface area contributed by atoms with Gasteiger partial charge < -0.3 is 0 Å². The van der Waals surface area contributed by atoms with Gasteiger partial charge in [-0.2, -0.15) is 0 Å². The topological polar surface area (TPSA) is 3.88 Å². The molecule has 1 nitrogen and oxygen atoms in total. The summed E-state index contributed by atoms with van der Waals surface area (Å²) in [5.74, 6) is 0. The third-order valence-corrected chi connectivity index (χ3v) is 1.86. The van der Waals surface area contributed by atoms with Crippen molar-refractivity contribution >= 4 is 0 Å². The van der Waals surface area contributed by atoms with Crippen molar-refractivity contribution in [3.8, 4) is 0 Å². The second-order valence-corrected chi connectivity index (χ2v) is 3.04. The zero-order valence-electron chi connectivity index (χ0n) is 7.59. The van der Waals surface area contributed by atoms with Gasteiger partial charge in [0.25, 0.3) is 0 Å². The highest BCUT2D eigenvalue weighted by Crippen LogP contribution is 1.95. The minimum Gasteiger partial charge on any atom is -0.202 e. The van der Waals surface area contributed by atoms with Crippen molar-refractivity contribution in [3.63, 3.8) is 0 Å². The van der Waals surface area contributed by atoms with Crippen LogP contribution in [0.15, 0.2) is 18.3 Å². The molecule has 1 aromatic rings. The van der Waals surface area contributed by atoms with Crippen LogP contribution < -0.4 is 4.57 Å². The summed E-state index contributed by atoms with van der Waals surface area (Å²) in [6.07, 6.45) is 3.41. The highest BCUT2D eigenvalue weighted by molar-refractivity contribution is 5.05. The van der Waals surface area contributed by atoms with Crippen LogP contribution in [0.3, 0.4) is 0 Å². The lowest BCUT2D eigenvalue weighted by Crippen LogP contribution is -2.36. The third-order valence-electron chi connectivity index (χ3n) is 1.86. The van der Waals surface area contributed by atoms with Gasteiger partial charge in [0.15, 0.2) is 11.9 Å². The summed E-state index contributed by atoms with van der Waals surface area (Å²) in [5, 5.41) is 0. The Morgan fingerprint density at radius 1 is 1.27 bits per heavy atom. The number of pyridine rings is 1. The number of rotatable bonds is 2. The molecular formula is C10H16N+. The minimum absolute atomic E-state index is 1.13. The average Bonchev–Trinajstić information content (AvgIpc) is 1.98. The summed E-state index contributed by atoms with van der Waals surface area (Å²) >= 11 is 0. The summed E-state index contributed by atoms with van der Waals surface area (Å²) < 4.78 is 2.30. The van der Waals surface area contributed by atoms with Crippen LogP contribution >= 0.6 is 0 Å². The Bertz CT molecular complexity index is 241. The molecule has 0 bridgehead atoms. The van der Waals surface area contributed by atoms with Crippen LogP contribution in [-0.4, -0.2) is 0 Å². The number of aromatic nitrogens is 1. The molecule has 0 amide bonds. The average molecular weight is 150 g/mol. The Labute approximate surface area is 68.7 Å². The molecule has 0 N–H and O–H groups in total. The molecule has 1 heterocycles. The first kappa shape index (κ1) is 8.25. The first-order valence-corrected chi connectivity index (χ1v) is 4.20. The fourth-order valence-corrected chi connectivity index (χ4v) is 1.22. The van der Waals surface area contributed by atoms with Gasteiger partial charge in [-0.05, 0) is 13.0 Å². The van der Waals surface area contributed by atoms with Gasteiger partial charge in [0.2, 0.25) is 0 Å². The van der Waals surface area contributed by atoms with Crippen LogP contribution in [0.25, 0.3) is 0 Å². The molecular weight excluding hydrogens is 134 g/mol. The van der Waals surface area contributed by atoms with Crippen molar-refractivity contribution in [2.45, 2.75) is 33.7 Å². The Balaban J connectivity index is 2.93. The molecule has 1 aromatic heterocycles. The van der Waals surface area contributed by atoms with Gasteiger partial charge in [-0.15, -0.1) is 0 Å². The fraction of sp³-hybridized carbons (Fsp3) is 0.500. The first-order valence-electron chi connectivity index (χ1n) is 4.20. The Kier molecular flexibility index (Phi) is 2.64. The van der Waals surface area contributed by atoms with Crippen LogP contribution in [0.2, 0.25) is 0 Å². The van der Waals surface area contributed by atoms with E-state index in [0.717, 1.165) is 6.54 Å². The summed E-state index contributed by atoms with van der Waals surface area (Å²) in [6, 6.07) is 4.33. The molecule has 0 fully saturated rings. The van der Waals surface area contributed by atoms with E-state index >= 15 is 0 Å². The quantitative estimate of drug-likeness (QED) is 0.568. The lowest BCUT2D eigenvalue weighted by molar-refractivity contribution is -0.703. The van der Waals surface area contributed by atoms with E-state index in [9.17, 15) is 0 Å². The lowest BCUT2D eigenvalue weighted by Gasteiger charge is -1.98. The molecule has 0 saturated heterocycles. The summed E-state index contributed by atoms with van der Waals surface area (Å²) in [6.45, 7) is 7.61. The number of hydrogen-bond donors (Lipinski definition) is 0. The minimum atomic E-state index is 1.13. The Morgan fingerprint density at radius 3 is 2.64 bits per heavy atom. The zero-order chi connectivity index (χ0) is 8.27. The molecule has 0 aliphatic heterocycles. The molecule has 11 heavy (non-hydrogen) atoms. The largest absolute Gasteiger partial charge is 0.202 e. The van der Waals surface area contributed by atoms with Crippen molar-refractivity contribution in [3.05, 3.63) is 29.6 Å². The van der Waals surface area contributed by atoms with Crippen molar-refractivity contribution in [2.24, 2.45) is 0 Å². The Morgan fingerprint density at radius 2 is 2.00 bits per heavy atom. The van der Waals surface area contributed by atoms with E-state index in [1.165, 1.54) is 17.7 Å². The molecule has 0 aliphatic carbocycles. The van der Waals surface area contributed by atoms with Crippen molar-refractivity contribution in [2.75, 3.05) is 0 Å². The van der Waals surface area contributed by atoms with Crippen LogP contribution in [-0.2, 0) is 6.54 Å². The predicted molar refractivity (Wildman–Crippen MR) is 46.4 cm³/mol. The number of aryl methyl sites for hydroxylation is 3. The molecule has 0 aromatic carbocycles. The molecule has 0 atom stereocenters. The number of hydrogen-bond acceptors (Lipinski definition) is 0. The van der Waals surface area contributed by atoms with Gasteiger partial charge in [0.05, 0.1) is 0 Å². The third kappa shape index (κ3) is 2.04. The predicted octanol–water partition coefficient (Wildman–Crippen LogP) is 2.00. The van der Waals surface area contributed by atoms with Gasteiger partial charge >= 0.3 is 0 Å². The van der Waals surface area contributed by atoms with E-state index < -0.39 is 0 Å². The second kappa shape index (κ2) is 3.51. The first-order chi connectivity index (χ1) is 5.24. The maximum absolute atomic E-state index is 2.30. The van der Waals surface area contributed by atoms with Gasteiger partial charge in [-0.25, -0.2) is 4.57 Å². The highest BCUT2D eigenvalue weighted by Gasteiger charge is 2.02. The summed E-state index contributed by atoms with van der Waals surface area (Å²) in [7, 11) is 0. The lowest BCUT2D eigenvalue weighted by atomic mass is 10.2. The van der Waals surface area contributed by atoms with Crippen molar-refractivity contribution in [1.82, 2.24) is 0 Å². The smallest absolute Gasteiger partial charge is 0.178 e. The van der Waals surface area contributed by atoms with Gasteiger partial charge in [-0.3, -0.25) is 0 Å². The van der Waals surface area contributed by atoms with E-state index in [2.05, 4.69) is 43.7 Å². The van der Waals surface area contributed by atoms with E-state index in [4.69, 9.17) is 0 Å². The monoisotopic (exact) mass is 150 g/mol. The maximum atomic E-state index is 2.30. The second-order valence-electron chi connectivity index (χ2n) is 3.04. The maximum Gasteiger partial charge on any atom is 0.178 e. The molecule has 0 unspecified atom stereocenters. The van der Waals surface area contributed by atoms with Crippen LogP contribution in [0.4, 0.5) is 0 Å². The molecule has 0 spiro atoms. The molecule has 1 rings (SSSR count). The molecule has 0 aliphatic rings. The standard InChI is InChI=1S/C10H16N/c1-4-7-11-8-9(2)5-6-10(11)3/h5-6,8H,4,7H2,1-3H3/q+1. The summed E-state index contributed by atoms with van der Waals surface area (Å²) in [5.41, 5.74) is 2.68. The van der Waals surface area contributed by atoms with E-state index in [1.54, 1.807) is 0 Å². The number of nitrogens with zero attached hydrogens (tertiary/aromatic N) is 1. The molecule has 60 valence electrons. The highest BCUT2D eigenvalue weighted by atomic mass is 14.9. The normalized spacial score (nSPS) is 10.1. The van der Waals surface area contributed by atoms with E-state index in [-0.39, 0.29) is 0 Å². The molecule has 0 saturated carbocycles. The fourth-order valence-electron chi connectivity index (χ4n) is 1.22. The zero-order valence-corrected chi connectivity index (χ0v) is 7.59. The SMILES string of the molecule is CCC[n+]1cc(C)ccc1C. The summed E-state index contributed by atoms with van der Waals surface area (Å²) in [4.78, 5) is 0. The Hall–Kier alpha value is -0.850. The van der Waals surface area contributed by atoms with E-state index in [0.29, 0.717) is 0 Å². The molecule has 1 heteroatoms. The van der Waals surface area contributed by atoms with E-state index in [1.807, 2.05) is 0 Å². The molecule has 0 radical (unpaired) electrons. The van der Waals surface area contributed by atoms with Crippen molar-refractivity contribution in [1.29, 1.82) is 0 Å². The van der Waals surface area contributed by atoms with Crippen molar-refractivity contribution < 1.29 is 4.57 Å². The van der Waals surface area contributed by atoms with Crippen LogP contribution in [0.1, 0.15) is 24.6 Å². The van der Waals surface area contributed by atoms with Gasteiger partial charge in [0, 0.05) is 25.0 Å². The van der Waals surface area contributed by atoms with Crippen LogP contribution in [0.5, 0.6) is 0 Å². The van der Waals surface area contributed by atoms with Gasteiger partial charge in [0.1, 0.15) is 6.54 Å².